The largest absolute Gasteiger partial charge is 0.341 e. The van der Waals surface area contributed by atoms with Gasteiger partial charge in [0.2, 0.25) is 5.91 Å². The van der Waals surface area contributed by atoms with Crippen molar-refractivity contribution in [2.24, 2.45) is 0 Å². The number of likely N-dealkylation sites (tertiary alicyclic amines) is 1. The lowest BCUT2D eigenvalue weighted by Gasteiger charge is -2.23. The van der Waals surface area contributed by atoms with Crippen molar-refractivity contribution in [3.8, 4) is 0 Å². The predicted molar refractivity (Wildman–Crippen MR) is 84.2 cm³/mol. The molecular formula is C16H24N4O2. The number of carbonyl (C=O) groups is 2. The number of rotatable bonds is 6. The fourth-order valence-electron chi connectivity index (χ4n) is 2.71. The molecule has 3 amide bonds. The van der Waals surface area contributed by atoms with Gasteiger partial charge in [0, 0.05) is 37.9 Å². The third-order valence-corrected chi connectivity index (χ3v) is 3.87. The Bertz CT molecular complexity index is 506. The highest BCUT2D eigenvalue weighted by atomic mass is 16.2. The Kier molecular flexibility index (Phi) is 5.75. The highest BCUT2D eigenvalue weighted by Gasteiger charge is 2.22. The van der Waals surface area contributed by atoms with Crippen molar-refractivity contribution in [2.45, 2.75) is 45.2 Å². The van der Waals surface area contributed by atoms with Gasteiger partial charge >= 0.3 is 6.03 Å². The normalized spacial score (nSPS) is 17.2. The SMILES string of the molecule is CCC(NC(=O)NC(C)CN1CCCC1=O)c1ccncc1. The first-order chi connectivity index (χ1) is 10.6. The molecule has 6 nitrogen and oxygen atoms in total. The maximum Gasteiger partial charge on any atom is 0.315 e. The minimum atomic E-state index is -0.206. The van der Waals surface area contributed by atoms with Crippen molar-refractivity contribution >= 4 is 11.9 Å². The second-order valence-electron chi connectivity index (χ2n) is 5.70. The molecule has 2 rings (SSSR count). The summed E-state index contributed by atoms with van der Waals surface area (Å²) in [5.74, 6) is 0.178. The molecule has 1 aromatic rings. The van der Waals surface area contributed by atoms with Gasteiger partial charge in [0.25, 0.3) is 0 Å². The highest BCUT2D eigenvalue weighted by Crippen LogP contribution is 2.15. The van der Waals surface area contributed by atoms with Gasteiger partial charge in [-0.15, -0.1) is 0 Å². The Morgan fingerprint density at radius 3 is 2.68 bits per heavy atom. The van der Waals surface area contributed by atoms with E-state index in [0.29, 0.717) is 13.0 Å². The van der Waals surface area contributed by atoms with E-state index in [1.54, 1.807) is 12.4 Å². The molecule has 2 atom stereocenters. The molecule has 120 valence electrons. The first kappa shape index (κ1) is 16.3. The summed E-state index contributed by atoms with van der Waals surface area (Å²) in [6, 6.07) is 3.49. The van der Waals surface area contributed by atoms with Crippen molar-refractivity contribution in [2.75, 3.05) is 13.1 Å². The maximum atomic E-state index is 12.1. The van der Waals surface area contributed by atoms with Crippen LogP contribution < -0.4 is 10.6 Å². The van der Waals surface area contributed by atoms with Gasteiger partial charge in [-0.05, 0) is 37.5 Å². The summed E-state index contributed by atoms with van der Waals surface area (Å²) in [5.41, 5.74) is 1.04. The third-order valence-electron chi connectivity index (χ3n) is 3.87. The van der Waals surface area contributed by atoms with Crippen LogP contribution in [0.2, 0.25) is 0 Å². The molecule has 0 saturated carbocycles. The number of hydrogen-bond donors (Lipinski definition) is 2. The summed E-state index contributed by atoms with van der Waals surface area (Å²) in [7, 11) is 0. The van der Waals surface area contributed by atoms with Crippen molar-refractivity contribution < 1.29 is 9.59 Å². The molecule has 22 heavy (non-hydrogen) atoms. The summed E-state index contributed by atoms with van der Waals surface area (Å²) in [5, 5.41) is 5.87. The number of nitrogens with one attached hydrogen (secondary N) is 2. The van der Waals surface area contributed by atoms with Gasteiger partial charge in [0.05, 0.1) is 6.04 Å². The molecule has 1 fully saturated rings. The van der Waals surface area contributed by atoms with E-state index in [4.69, 9.17) is 0 Å². The van der Waals surface area contributed by atoms with Gasteiger partial charge in [-0.25, -0.2) is 4.79 Å². The van der Waals surface area contributed by atoms with Gasteiger partial charge in [-0.3, -0.25) is 9.78 Å². The Hall–Kier alpha value is -2.11. The Balaban J connectivity index is 1.82. The minimum Gasteiger partial charge on any atom is -0.341 e. The number of urea groups is 1. The highest BCUT2D eigenvalue weighted by molar-refractivity contribution is 5.78. The standard InChI is InChI=1S/C16H24N4O2/c1-3-14(13-6-8-17-9-7-13)19-16(22)18-12(2)11-20-10-4-5-15(20)21/h6-9,12,14H,3-5,10-11H2,1-2H3,(H2,18,19,22). The molecule has 0 aliphatic carbocycles. The number of amides is 3. The molecule has 1 aliphatic rings. The van der Waals surface area contributed by atoms with Crippen molar-refractivity contribution in [1.82, 2.24) is 20.5 Å². The van der Waals surface area contributed by atoms with Gasteiger partial charge < -0.3 is 15.5 Å². The van der Waals surface area contributed by atoms with E-state index in [2.05, 4.69) is 15.6 Å². The van der Waals surface area contributed by atoms with Crippen molar-refractivity contribution in [3.05, 3.63) is 30.1 Å². The zero-order valence-electron chi connectivity index (χ0n) is 13.2. The van der Waals surface area contributed by atoms with E-state index >= 15 is 0 Å². The van der Waals surface area contributed by atoms with Crippen LogP contribution in [0.5, 0.6) is 0 Å². The molecule has 1 aliphatic heterocycles. The van der Waals surface area contributed by atoms with Crippen LogP contribution in [0.4, 0.5) is 4.79 Å². The number of pyridine rings is 1. The smallest absolute Gasteiger partial charge is 0.315 e. The van der Waals surface area contributed by atoms with Crippen LogP contribution in [0.3, 0.4) is 0 Å². The van der Waals surface area contributed by atoms with Crippen LogP contribution >= 0.6 is 0 Å². The van der Waals surface area contributed by atoms with Crippen LogP contribution in [0.15, 0.2) is 24.5 Å². The summed E-state index contributed by atoms with van der Waals surface area (Å²) in [4.78, 5) is 29.5. The molecule has 0 aromatic carbocycles. The lowest BCUT2D eigenvalue weighted by atomic mass is 10.1. The van der Waals surface area contributed by atoms with Gasteiger partial charge in [-0.1, -0.05) is 6.92 Å². The van der Waals surface area contributed by atoms with E-state index in [0.717, 1.165) is 24.9 Å². The third kappa shape index (κ3) is 4.44. The average Bonchev–Trinajstić information content (AvgIpc) is 2.90. The molecular weight excluding hydrogens is 280 g/mol. The Morgan fingerprint density at radius 2 is 2.09 bits per heavy atom. The van der Waals surface area contributed by atoms with Gasteiger partial charge in [0.1, 0.15) is 0 Å². The number of aromatic nitrogens is 1. The quantitative estimate of drug-likeness (QED) is 0.842. The first-order valence-corrected chi connectivity index (χ1v) is 7.85. The summed E-state index contributed by atoms with van der Waals surface area (Å²) in [6.45, 7) is 5.30. The molecule has 0 bridgehead atoms. The lowest BCUT2D eigenvalue weighted by Crippen LogP contribution is -2.47. The van der Waals surface area contributed by atoms with Gasteiger partial charge in [0.15, 0.2) is 0 Å². The number of carbonyl (C=O) groups excluding carboxylic acids is 2. The summed E-state index contributed by atoms with van der Waals surface area (Å²) >= 11 is 0. The molecule has 1 saturated heterocycles. The van der Waals surface area contributed by atoms with Crippen LogP contribution in [0.1, 0.15) is 44.7 Å². The van der Waals surface area contributed by atoms with E-state index in [9.17, 15) is 9.59 Å². The van der Waals surface area contributed by atoms with Crippen LogP contribution in [-0.2, 0) is 4.79 Å². The molecule has 2 N–H and O–H groups in total. The predicted octanol–water partition coefficient (Wildman–Crippen LogP) is 1.84. The monoisotopic (exact) mass is 304 g/mol. The molecule has 0 radical (unpaired) electrons. The van der Waals surface area contributed by atoms with Crippen LogP contribution in [0, 0.1) is 0 Å². The maximum absolute atomic E-state index is 12.1. The average molecular weight is 304 g/mol. The molecule has 1 aromatic heterocycles. The van der Waals surface area contributed by atoms with Crippen molar-refractivity contribution in [1.29, 1.82) is 0 Å². The number of nitrogens with zero attached hydrogens (tertiary/aromatic N) is 2. The summed E-state index contributed by atoms with van der Waals surface area (Å²) in [6.07, 6.45) is 5.78. The second-order valence-corrected chi connectivity index (χ2v) is 5.70. The van der Waals surface area contributed by atoms with Crippen LogP contribution in [-0.4, -0.2) is 41.0 Å². The van der Waals surface area contributed by atoms with E-state index in [1.807, 2.05) is 30.9 Å². The number of hydrogen-bond acceptors (Lipinski definition) is 3. The Labute approximate surface area is 131 Å². The Morgan fingerprint density at radius 1 is 1.36 bits per heavy atom. The van der Waals surface area contributed by atoms with E-state index in [-0.39, 0.29) is 24.0 Å². The zero-order chi connectivity index (χ0) is 15.9. The van der Waals surface area contributed by atoms with E-state index < -0.39 is 0 Å². The fraction of sp³-hybridized carbons (Fsp3) is 0.562. The minimum absolute atomic E-state index is 0.0383. The molecule has 0 spiro atoms. The molecule has 6 heteroatoms. The lowest BCUT2D eigenvalue weighted by molar-refractivity contribution is -0.127. The molecule has 2 heterocycles. The fourth-order valence-corrected chi connectivity index (χ4v) is 2.71. The zero-order valence-corrected chi connectivity index (χ0v) is 13.2. The first-order valence-electron chi connectivity index (χ1n) is 7.85. The van der Waals surface area contributed by atoms with Crippen LogP contribution in [0.25, 0.3) is 0 Å². The second kappa shape index (κ2) is 7.77. The topological polar surface area (TPSA) is 74.3 Å². The van der Waals surface area contributed by atoms with Gasteiger partial charge in [-0.2, -0.15) is 0 Å². The van der Waals surface area contributed by atoms with E-state index in [1.165, 1.54) is 0 Å². The van der Waals surface area contributed by atoms with Crippen molar-refractivity contribution in [3.63, 3.8) is 0 Å². The molecule has 2 unspecified atom stereocenters. The summed E-state index contributed by atoms with van der Waals surface area (Å²) < 4.78 is 0.